The molecule has 162 valence electrons. The van der Waals surface area contributed by atoms with Crippen LogP contribution >= 0.6 is 11.8 Å². The molecule has 3 heterocycles. The number of rotatable bonds is 8. The topological polar surface area (TPSA) is 85.2 Å². The maximum absolute atomic E-state index is 12.7. The van der Waals surface area contributed by atoms with E-state index in [2.05, 4.69) is 50.0 Å². The van der Waals surface area contributed by atoms with Crippen molar-refractivity contribution in [3.05, 3.63) is 35.9 Å². The quantitative estimate of drug-likeness (QED) is 0.642. The molecule has 2 aliphatic rings. The van der Waals surface area contributed by atoms with Gasteiger partial charge in [-0.05, 0) is 48.6 Å². The first-order chi connectivity index (χ1) is 14.7. The van der Waals surface area contributed by atoms with Crippen LogP contribution in [0.25, 0.3) is 0 Å². The molecule has 0 aliphatic carbocycles. The summed E-state index contributed by atoms with van der Waals surface area (Å²) in [5.74, 6) is 0.0492. The van der Waals surface area contributed by atoms with Crippen LogP contribution in [0.15, 0.2) is 35.5 Å². The summed E-state index contributed by atoms with van der Waals surface area (Å²) in [6.07, 6.45) is 4.23. The lowest BCUT2D eigenvalue weighted by Gasteiger charge is -2.32. The van der Waals surface area contributed by atoms with Crippen LogP contribution in [0.2, 0.25) is 0 Å². The minimum atomic E-state index is -0.249. The second kappa shape index (κ2) is 10.4. The number of likely N-dealkylation sites (tertiary alicyclic amines) is 1. The highest BCUT2D eigenvalue weighted by atomic mass is 32.2. The summed E-state index contributed by atoms with van der Waals surface area (Å²) in [6, 6.07) is 10.8. The van der Waals surface area contributed by atoms with Crippen LogP contribution in [0.5, 0.6) is 0 Å². The Bertz CT molecular complexity index is 803. The zero-order valence-electron chi connectivity index (χ0n) is 17.4. The van der Waals surface area contributed by atoms with Crippen molar-refractivity contribution in [3.8, 4) is 0 Å². The number of nitrogens with one attached hydrogen (secondary N) is 1. The fourth-order valence-corrected chi connectivity index (χ4v) is 4.79. The van der Waals surface area contributed by atoms with E-state index in [1.54, 1.807) is 4.68 Å². The summed E-state index contributed by atoms with van der Waals surface area (Å²) in [4.78, 5) is 15.2. The Morgan fingerprint density at radius 3 is 2.80 bits per heavy atom. The average molecular weight is 431 g/mol. The van der Waals surface area contributed by atoms with E-state index < -0.39 is 0 Å². The van der Waals surface area contributed by atoms with Crippen LogP contribution in [0.1, 0.15) is 38.2 Å². The number of hydrogen-bond donors (Lipinski definition) is 1. The maximum atomic E-state index is 12.7. The highest BCUT2D eigenvalue weighted by molar-refractivity contribution is 8.00. The summed E-state index contributed by atoms with van der Waals surface area (Å²) < 4.78 is 7.43. The molecule has 1 amide bonds. The van der Waals surface area contributed by atoms with Crippen molar-refractivity contribution in [2.75, 3.05) is 19.7 Å². The van der Waals surface area contributed by atoms with Gasteiger partial charge in [0, 0.05) is 32.3 Å². The summed E-state index contributed by atoms with van der Waals surface area (Å²) in [5, 5.41) is 15.6. The minimum absolute atomic E-state index is 0.0492. The summed E-state index contributed by atoms with van der Waals surface area (Å²) in [7, 11) is 0. The third-order valence-corrected chi connectivity index (χ3v) is 6.80. The van der Waals surface area contributed by atoms with Crippen molar-refractivity contribution in [2.24, 2.45) is 0 Å². The number of tetrazole rings is 1. The van der Waals surface area contributed by atoms with Crippen molar-refractivity contribution >= 4 is 17.7 Å². The van der Waals surface area contributed by atoms with E-state index in [-0.39, 0.29) is 23.3 Å². The van der Waals surface area contributed by atoms with E-state index in [0.717, 1.165) is 51.9 Å². The summed E-state index contributed by atoms with van der Waals surface area (Å²) in [5.41, 5.74) is 1.34. The molecule has 0 bridgehead atoms. The molecular formula is C21H30N6O2S. The monoisotopic (exact) mass is 430 g/mol. The molecule has 2 atom stereocenters. The van der Waals surface area contributed by atoms with Gasteiger partial charge in [-0.1, -0.05) is 42.1 Å². The first kappa shape index (κ1) is 21.3. The Kier molecular flexibility index (Phi) is 7.35. The van der Waals surface area contributed by atoms with Gasteiger partial charge in [-0.3, -0.25) is 9.69 Å². The number of benzene rings is 1. The molecule has 9 heteroatoms. The van der Waals surface area contributed by atoms with Crippen LogP contribution in [-0.4, -0.2) is 68.1 Å². The van der Waals surface area contributed by atoms with Gasteiger partial charge in [0.25, 0.3) is 0 Å². The molecule has 2 aliphatic heterocycles. The van der Waals surface area contributed by atoms with Gasteiger partial charge >= 0.3 is 0 Å². The predicted octanol–water partition coefficient (Wildman–Crippen LogP) is 2.11. The summed E-state index contributed by atoms with van der Waals surface area (Å²) in [6.45, 7) is 6.33. The fourth-order valence-electron chi connectivity index (χ4n) is 3.98. The van der Waals surface area contributed by atoms with Crippen molar-refractivity contribution in [1.82, 2.24) is 30.4 Å². The molecule has 0 saturated carbocycles. The third kappa shape index (κ3) is 5.80. The number of carbonyl (C=O) groups is 1. The number of piperidine rings is 1. The normalized spacial score (nSPS) is 21.6. The first-order valence-corrected chi connectivity index (χ1v) is 11.7. The molecule has 4 rings (SSSR count). The Morgan fingerprint density at radius 2 is 2.07 bits per heavy atom. The van der Waals surface area contributed by atoms with Gasteiger partial charge in [0.2, 0.25) is 11.1 Å². The molecule has 0 spiro atoms. The Hall–Kier alpha value is -1.97. The lowest BCUT2D eigenvalue weighted by atomic mass is 10.0. The van der Waals surface area contributed by atoms with Crippen molar-refractivity contribution in [1.29, 1.82) is 0 Å². The summed E-state index contributed by atoms with van der Waals surface area (Å²) >= 11 is 1.41. The average Bonchev–Trinajstić information content (AvgIpc) is 3.43. The lowest BCUT2D eigenvalue weighted by molar-refractivity contribution is -0.121. The van der Waals surface area contributed by atoms with Crippen LogP contribution in [0, 0.1) is 0 Å². The molecule has 1 aromatic heterocycles. The zero-order valence-corrected chi connectivity index (χ0v) is 18.3. The van der Waals surface area contributed by atoms with E-state index in [1.165, 1.54) is 17.3 Å². The number of hydrogen-bond acceptors (Lipinski definition) is 7. The maximum Gasteiger partial charge on any atom is 0.233 e. The fraction of sp³-hybridized carbons (Fsp3) is 0.619. The second-order valence-electron chi connectivity index (χ2n) is 8.08. The number of thioether (sulfide) groups is 1. The van der Waals surface area contributed by atoms with Crippen LogP contribution in [0.3, 0.4) is 0 Å². The molecule has 2 aromatic rings. The van der Waals surface area contributed by atoms with E-state index in [4.69, 9.17) is 4.74 Å². The molecule has 2 unspecified atom stereocenters. The van der Waals surface area contributed by atoms with Gasteiger partial charge in [-0.25, -0.2) is 4.68 Å². The second-order valence-corrected chi connectivity index (χ2v) is 9.39. The van der Waals surface area contributed by atoms with Gasteiger partial charge in [0.05, 0.1) is 17.9 Å². The minimum Gasteiger partial charge on any atom is -0.376 e. The number of aromatic nitrogens is 4. The van der Waals surface area contributed by atoms with E-state index in [9.17, 15) is 4.79 Å². The number of ether oxygens (including phenoxy) is 1. The van der Waals surface area contributed by atoms with E-state index in [1.807, 2.05) is 13.0 Å². The van der Waals surface area contributed by atoms with Crippen molar-refractivity contribution in [2.45, 2.75) is 68.2 Å². The zero-order chi connectivity index (χ0) is 20.8. The van der Waals surface area contributed by atoms with Crippen molar-refractivity contribution < 1.29 is 9.53 Å². The predicted molar refractivity (Wildman–Crippen MR) is 115 cm³/mol. The highest BCUT2D eigenvalue weighted by Crippen LogP contribution is 2.23. The molecular weight excluding hydrogens is 400 g/mol. The van der Waals surface area contributed by atoms with Gasteiger partial charge in [-0.15, -0.1) is 5.10 Å². The van der Waals surface area contributed by atoms with Gasteiger partial charge < -0.3 is 10.1 Å². The first-order valence-electron chi connectivity index (χ1n) is 10.8. The number of carbonyl (C=O) groups excluding carboxylic acids is 1. The Morgan fingerprint density at radius 1 is 1.27 bits per heavy atom. The van der Waals surface area contributed by atoms with Crippen LogP contribution < -0.4 is 5.32 Å². The van der Waals surface area contributed by atoms with E-state index in [0.29, 0.717) is 11.7 Å². The number of nitrogens with zero attached hydrogens (tertiary/aromatic N) is 5. The molecule has 0 radical (unpaired) electrons. The SMILES string of the molecule is CC(Sc1nnnn1CC1CCCO1)C(=O)NC1CCN(Cc2ccccc2)CC1. The van der Waals surface area contributed by atoms with Gasteiger partial charge in [0.15, 0.2) is 0 Å². The smallest absolute Gasteiger partial charge is 0.233 e. The van der Waals surface area contributed by atoms with Crippen LogP contribution in [-0.2, 0) is 22.6 Å². The molecule has 2 fully saturated rings. The standard InChI is InChI=1S/C21H30N6O2S/c1-16(30-21-23-24-25-27(21)15-19-8-5-13-29-19)20(28)22-18-9-11-26(12-10-18)14-17-6-3-2-4-7-17/h2-4,6-7,16,18-19H,5,8-15H2,1H3,(H,22,28). The lowest BCUT2D eigenvalue weighted by Crippen LogP contribution is -2.46. The molecule has 8 nitrogen and oxygen atoms in total. The van der Waals surface area contributed by atoms with E-state index >= 15 is 0 Å². The molecule has 30 heavy (non-hydrogen) atoms. The Labute approximate surface area is 181 Å². The highest BCUT2D eigenvalue weighted by Gasteiger charge is 2.25. The third-order valence-electron chi connectivity index (χ3n) is 5.73. The molecule has 2 saturated heterocycles. The Balaban J connectivity index is 1.21. The molecule has 1 N–H and O–H groups in total. The van der Waals surface area contributed by atoms with Crippen molar-refractivity contribution in [3.63, 3.8) is 0 Å². The van der Waals surface area contributed by atoms with Gasteiger partial charge in [-0.2, -0.15) is 0 Å². The molecule has 1 aromatic carbocycles. The van der Waals surface area contributed by atoms with Crippen LogP contribution in [0.4, 0.5) is 0 Å². The van der Waals surface area contributed by atoms with Gasteiger partial charge in [0.1, 0.15) is 0 Å². The largest absolute Gasteiger partial charge is 0.376 e. The number of amides is 1.